The molecule has 0 bridgehead atoms. The van der Waals surface area contributed by atoms with Gasteiger partial charge in [0.15, 0.2) is 0 Å². The van der Waals surface area contributed by atoms with Gasteiger partial charge in [-0.3, -0.25) is 9.88 Å². The van der Waals surface area contributed by atoms with Crippen LogP contribution in [0.3, 0.4) is 0 Å². The maximum Gasteiger partial charge on any atom is 0.0634 e. The third-order valence-corrected chi connectivity index (χ3v) is 3.66. The van der Waals surface area contributed by atoms with Gasteiger partial charge < -0.3 is 5.32 Å². The highest BCUT2D eigenvalue weighted by atomic mass is 35.5. The first-order valence-electron chi connectivity index (χ1n) is 6.34. The van der Waals surface area contributed by atoms with Crippen molar-refractivity contribution in [1.29, 1.82) is 0 Å². The fraction of sp³-hybridized carbons (Fsp3) is 0.615. The molecule has 1 aromatic rings. The molecule has 1 N–H and O–H groups in total. The van der Waals surface area contributed by atoms with Gasteiger partial charge in [0.25, 0.3) is 0 Å². The minimum absolute atomic E-state index is 0. The third-order valence-electron chi connectivity index (χ3n) is 3.32. The van der Waals surface area contributed by atoms with Crippen LogP contribution in [0, 0.1) is 0 Å². The standard InChI is InChI=1S/C13H20ClN3.2ClH/c1-2-3-12-8-16-6-7-17(12)10-11-4-5-15-9-13(11)14;;/h4-5,9,12,16H,2-3,6-8,10H2,1H3;2*1H. The molecule has 1 aliphatic rings. The first kappa shape index (κ1) is 18.9. The van der Waals surface area contributed by atoms with Crippen molar-refractivity contribution in [2.24, 2.45) is 0 Å². The smallest absolute Gasteiger partial charge is 0.0634 e. The Balaban J connectivity index is 0.00000162. The molecule has 0 spiro atoms. The molecule has 1 saturated heterocycles. The zero-order valence-electron chi connectivity index (χ0n) is 11.1. The molecule has 1 aliphatic heterocycles. The third kappa shape index (κ3) is 5.44. The number of halogens is 3. The predicted molar refractivity (Wildman–Crippen MR) is 85.7 cm³/mol. The summed E-state index contributed by atoms with van der Waals surface area (Å²) in [6, 6.07) is 2.66. The van der Waals surface area contributed by atoms with E-state index in [0.717, 1.165) is 31.2 Å². The fourth-order valence-electron chi connectivity index (χ4n) is 2.38. The van der Waals surface area contributed by atoms with Crippen LogP contribution in [-0.4, -0.2) is 35.6 Å². The van der Waals surface area contributed by atoms with Gasteiger partial charge in [-0.1, -0.05) is 24.9 Å². The molecule has 0 saturated carbocycles. The summed E-state index contributed by atoms with van der Waals surface area (Å²) in [5.74, 6) is 0. The zero-order valence-corrected chi connectivity index (χ0v) is 13.5. The van der Waals surface area contributed by atoms with Crippen LogP contribution in [0.5, 0.6) is 0 Å². The summed E-state index contributed by atoms with van der Waals surface area (Å²) < 4.78 is 0. The minimum Gasteiger partial charge on any atom is -0.314 e. The molecule has 2 rings (SSSR count). The number of rotatable bonds is 4. The molecule has 2 heterocycles. The largest absolute Gasteiger partial charge is 0.314 e. The molecule has 1 atom stereocenters. The Morgan fingerprint density at radius 1 is 1.47 bits per heavy atom. The first-order chi connectivity index (χ1) is 8.31. The number of hydrogen-bond acceptors (Lipinski definition) is 3. The van der Waals surface area contributed by atoms with Gasteiger partial charge in [0.2, 0.25) is 0 Å². The summed E-state index contributed by atoms with van der Waals surface area (Å²) in [5.41, 5.74) is 1.18. The van der Waals surface area contributed by atoms with E-state index in [4.69, 9.17) is 11.6 Å². The lowest BCUT2D eigenvalue weighted by atomic mass is 10.1. The van der Waals surface area contributed by atoms with E-state index in [2.05, 4.69) is 22.1 Å². The molecule has 0 aromatic carbocycles. The van der Waals surface area contributed by atoms with E-state index in [-0.39, 0.29) is 24.8 Å². The Bertz CT molecular complexity index is 361. The number of pyridine rings is 1. The second kappa shape index (κ2) is 9.78. The molecule has 110 valence electrons. The quantitative estimate of drug-likeness (QED) is 0.921. The van der Waals surface area contributed by atoms with E-state index in [1.807, 2.05) is 12.3 Å². The van der Waals surface area contributed by atoms with Crippen LogP contribution in [0.4, 0.5) is 0 Å². The van der Waals surface area contributed by atoms with Crippen molar-refractivity contribution in [1.82, 2.24) is 15.2 Å². The second-order valence-electron chi connectivity index (χ2n) is 4.58. The van der Waals surface area contributed by atoms with Crippen LogP contribution < -0.4 is 5.32 Å². The van der Waals surface area contributed by atoms with Crippen LogP contribution in [-0.2, 0) is 6.54 Å². The van der Waals surface area contributed by atoms with Gasteiger partial charge in [-0.25, -0.2) is 0 Å². The van der Waals surface area contributed by atoms with Crippen LogP contribution >= 0.6 is 36.4 Å². The summed E-state index contributed by atoms with van der Waals surface area (Å²) >= 11 is 6.16. The summed E-state index contributed by atoms with van der Waals surface area (Å²) in [6.07, 6.45) is 6.02. The van der Waals surface area contributed by atoms with E-state index >= 15 is 0 Å². The number of piperazine rings is 1. The molecule has 1 aromatic heterocycles. The topological polar surface area (TPSA) is 28.2 Å². The average Bonchev–Trinajstić information content (AvgIpc) is 2.35. The lowest BCUT2D eigenvalue weighted by molar-refractivity contribution is 0.144. The lowest BCUT2D eigenvalue weighted by Crippen LogP contribution is -2.50. The molecule has 0 radical (unpaired) electrons. The molecular weight excluding hydrogens is 305 g/mol. The van der Waals surface area contributed by atoms with E-state index in [0.29, 0.717) is 6.04 Å². The Morgan fingerprint density at radius 2 is 2.26 bits per heavy atom. The molecule has 1 fully saturated rings. The number of aromatic nitrogens is 1. The normalized spacial score (nSPS) is 19.4. The van der Waals surface area contributed by atoms with Gasteiger partial charge in [0.1, 0.15) is 0 Å². The Kier molecular flexibility index (Phi) is 9.75. The lowest BCUT2D eigenvalue weighted by Gasteiger charge is -2.36. The fourth-order valence-corrected chi connectivity index (χ4v) is 2.56. The van der Waals surface area contributed by atoms with E-state index in [1.165, 1.54) is 18.4 Å². The van der Waals surface area contributed by atoms with Gasteiger partial charge in [-0.05, 0) is 18.1 Å². The van der Waals surface area contributed by atoms with Crippen LogP contribution in [0.25, 0.3) is 0 Å². The average molecular weight is 327 g/mol. The summed E-state index contributed by atoms with van der Waals surface area (Å²) in [7, 11) is 0. The minimum atomic E-state index is 0. The van der Waals surface area contributed by atoms with Crippen molar-refractivity contribution in [3.63, 3.8) is 0 Å². The Hall–Kier alpha value is -0.0600. The van der Waals surface area contributed by atoms with Crippen molar-refractivity contribution in [3.05, 3.63) is 29.0 Å². The predicted octanol–water partition coefficient (Wildman–Crippen LogP) is 3.15. The Labute approximate surface area is 132 Å². The van der Waals surface area contributed by atoms with Crippen molar-refractivity contribution in [2.45, 2.75) is 32.4 Å². The van der Waals surface area contributed by atoms with Crippen LogP contribution in [0.1, 0.15) is 25.3 Å². The van der Waals surface area contributed by atoms with E-state index in [9.17, 15) is 0 Å². The SMILES string of the molecule is CCCC1CNCCN1Cc1ccncc1Cl.Cl.Cl. The van der Waals surface area contributed by atoms with E-state index < -0.39 is 0 Å². The van der Waals surface area contributed by atoms with Crippen molar-refractivity contribution in [2.75, 3.05) is 19.6 Å². The number of nitrogens with one attached hydrogen (secondary N) is 1. The molecule has 3 nitrogen and oxygen atoms in total. The van der Waals surface area contributed by atoms with Crippen LogP contribution in [0.2, 0.25) is 5.02 Å². The van der Waals surface area contributed by atoms with Crippen molar-refractivity contribution >= 4 is 36.4 Å². The maximum atomic E-state index is 6.16. The summed E-state index contributed by atoms with van der Waals surface area (Å²) in [5, 5.41) is 4.24. The second-order valence-corrected chi connectivity index (χ2v) is 4.99. The van der Waals surface area contributed by atoms with Crippen molar-refractivity contribution in [3.8, 4) is 0 Å². The number of nitrogens with zero attached hydrogens (tertiary/aromatic N) is 2. The van der Waals surface area contributed by atoms with Gasteiger partial charge in [-0.15, -0.1) is 24.8 Å². The molecule has 0 aliphatic carbocycles. The van der Waals surface area contributed by atoms with Gasteiger partial charge in [0.05, 0.1) is 5.02 Å². The first-order valence-corrected chi connectivity index (χ1v) is 6.72. The van der Waals surface area contributed by atoms with Gasteiger partial charge in [0, 0.05) is 44.6 Å². The zero-order chi connectivity index (χ0) is 12.1. The summed E-state index contributed by atoms with van der Waals surface area (Å²) in [4.78, 5) is 6.56. The van der Waals surface area contributed by atoms with Gasteiger partial charge in [-0.2, -0.15) is 0 Å². The van der Waals surface area contributed by atoms with Gasteiger partial charge >= 0.3 is 0 Å². The highest BCUT2D eigenvalue weighted by molar-refractivity contribution is 6.31. The molecular formula is C13H22Cl3N3. The molecule has 1 unspecified atom stereocenters. The highest BCUT2D eigenvalue weighted by Crippen LogP contribution is 2.19. The summed E-state index contributed by atoms with van der Waals surface area (Å²) in [6.45, 7) is 6.45. The van der Waals surface area contributed by atoms with Crippen LogP contribution in [0.15, 0.2) is 18.5 Å². The van der Waals surface area contributed by atoms with Crippen molar-refractivity contribution < 1.29 is 0 Å². The Morgan fingerprint density at radius 3 is 2.95 bits per heavy atom. The highest BCUT2D eigenvalue weighted by Gasteiger charge is 2.21. The molecule has 0 amide bonds. The molecule has 6 heteroatoms. The number of hydrogen-bond donors (Lipinski definition) is 1. The molecule has 19 heavy (non-hydrogen) atoms. The monoisotopic (exact) mass is 325 g/mol. The maximum absolute atomic E-state index is 6.16. The van der Waals surface area contributed by atoms with E-state index in [1.54, 1.807) is 6.20 Å².